The molecule has 1 unspecified atom stereocenters. The van der Waals surface area contributed by atoms with Gasteiger partial charge in [-0.1, -0.05) is 41.9 Å². The molecule has 0 bridgehead atoms. The SMILES string of the molecule is OCC(Nc1cncc(-c2ccc(O)c(Cl)c2)n1)c1ccccc1. The van der Waals surface area contributed by atoms with E-state index in [2.05, 4.69) is 15.3 Å². The van der Waals surface area contributed by atoms with Gasteiger partial charge < -0.3 is 15.5 Å². The fourth-order valence-electron chi connectivity index (χ4n) is 2.34. The Hall–Kier alpha value is -2.63. The fraction of sp³-hybridized carbons (Fsp3) is 0.111. The van der Waals surface area contributed by atoms with Crippen molar-refractivity contribution in [1.82, 2.24) is 9.97 Å². The Morgan fingerprint density at radius 3 is 2.58 bits per heavy atom. The van der Waals surface area contributed by atoms with E-state index in [0.717, 1.165) is 11.1 Å². The number of hydrogen-bond acceptors (Lipinski definition) is 5. The maximum Gasteiger partial charge on any atom is 0.145 e. The Balaban J connectivity index is 1.86. The van der Waals surface area contributed by atoms with E-state index in [4.69, 9.17) is 11.6 Å². The van der Waals surface area contributed by atoms with Crippen LogP contribution in [0.15, 0.2) is 60.9 Å². The number of aromatic hydroxyl groups is 1. The van der Waals surface area contributed by atoms with Gasteiger partial charge in [0, 0.05) is 5.56 Å². The third kappa shape index (κ3) is 3.64. The van der Waals surface area contributed by atoms with Gasteiger partial charge in [0.1, 0.15) is 11.6 Å². The normalized spacial score (nSPS) is 11.9. The minimum Gasteiger partial charge on any atom is -0.506 e. The van der Waals surface area contributed by atoms with E-state index in [9.17, 15) is 10.2 Å². The van der Waals surface area contributed by atoms with E-state index in [-0.39, 0.29) is 23.4 Å². The van der Waals surface area contributed by atoms with Crippen molar-refractivity contribution in [2.45, 2.75) is 6.04 Å². The van der Waals surface area contributed by atoms with Crippen molar-refractivity contribution in [1.29, 1.82) is 0 Å². The molecule has 0 aliphatic rings. The monoisotopic (exact) mass is 341 g/mol. The third-order valence-electron chi connectivity index (χ3n) is 3.58. The first-order valence-electron chi connectivity index (χ1n) is 7.40. The summed E-state index contributed by atoms with van der Waals surface area (Å²) in [6, 6.07) is 14.2. The van der Waals surface area contributed by atoms with Gasteiger partial charge in [-0.3, -0.25) is 4.98 Å². The van der Waals surface area contributed by atoms with Gasteiger partial charge in [-0.15, -0.1) is 0 Å². The summed E-state index contributed by atoms with van der Waals surface area (Å²) in [4.78, 5) is 8.68. The van der Waals surface area contributed by atoms with Crippen molar-refractivity contribution in [2.24, 2.45) is 0 Å². The van der Waals surface area contributed by atoms with E-state index >= 15 is 0 Å². The number of phenols is 1. The standard InChI is InChI=1S/C18H16ClN3O2/c19-14-8-13(6-7-17(14)24)15-9-20-10-18(21-15)22-16(11-23)12-4-2-1-3-5-12/h1-10,16,23-24H,11H2,(H,21,22). The van der Waals surface area contributed by atoms with E-state index < -0.39 is 0 Å². The Bertz CT molecular complexity index is 828. The van der Waals surface area contributed by atoms with Crippen LogP contribution in [0.3, 0.4) is 0 Å². The molecule has 3 rings (SSSR count). The average Bonchev–Trinajstić information content (AvgIpc) is 2.63. The largest absolute Gasteiger partial charge is 0.506 e. The molecule has 0 saturated heterocycles. The number of halogens is 1. The molecule has 3 N–H and O–H groups in total. The number of phenolic OH excluding ortho intramolecular Hbond substituents is 1. The number of hydrogen-bond donors (Lipinski definition) is 3. The van der Waals surface area contributed by atoms with Crippen molar-refractivity contribution in [3.63, 3.8) is 0 Å². The summed E-state index contributed by atoms with van der Waals surface area (Å²) in [5.74, 6) is 0.562. The zero-order valence-corrected chi connectivity index (χ0v) is 13.5. The van der Waals surface area contributed by atoms with E-state index in [0.29, 0.717) is 11.5 Å². The second-order valence-corrected chi connectivity index (χ2v) is 5.65. The topological polar surface area (TPSA) is 78.3 Å². The number of nitrogens with one attached hydrogen (secondary N) is 1. The van der Waals surface area contributed by atoms with Gasteiger partial charge in [-0.2, -0.15) is 0 Å². The summed E-state index contributed by atoms with van der Waals surface area (Å²) < 4.78 is 0. The Kier molecular flexibility index (Phi) is 4.93. The molecule has 0 saturated carbocycles. The molecule has 2 aromatic carbocycles. The first-order chi connectivity index (χ1) is 11.7. The number of rotatable bonds is 5. The summed E-state index contributed by atoms with van der Waals surface area (Å²) in [5.41, 5.74) is 2.32. The number of nitrogens with zero attached hydrogens (tertiary/aromatic N) is 2. The summed E-state index contributed by atoms with van der Waals surface area (Å²) in [6.07, 6.45) is 3.21. The third-order valence-corrected chi connectivity index (χ3v) is 3.89. The highest BCUT2D eigenvalue weighted by atomic mass is 35.5. The minimum absolute atomic E-state index is 0.0204. The molecule has 1 aromatic heterocycles. The lowest BCUT2D eigenvalue weighted by molar-refractivity contribution is 0.276. The average molecular weight is 342 g/mol. The van der Waals surface area contributed by atoms with Crippen molar-refractivity contribution >= 4 is 17.4 Å². The molecule has 0 aliphatic carbocycles. The predicted molar refractivity (Wildman–Crippen MR) is 94.0 cm³/mol. The Morgan fingerprint density at radius 2 is 1.88 bits per heavy atom. The van der Waals surface area contributed by atoms with Gasteiger partial charge in [0.25, 0.3) is 0 Å². The predicted octanol–water partition coefficient (Wildman–Crippen LogP) is 3.65. The van der Waals surface area contributed by atoms with E-state index in [1.54, 1.807) is 24.5 Å². The van der Waals surface area contributed by atoms with Crippen LogP contribution in [0.1, 0.15) is 11.6 Å². The zero-order valence-electron chi connectivity index (χ0n) is 12.7. The minimum atomic E-state index is -0.279. The van der Waals surface area contributed by atoms with Crippen molar-refractivity contribution < 1.29 is 10.2 Å². The first kappa shape index (κ1) is 16.2. The van der Waals surface area contributed by atoms with Crippen LogP contribution in [-0.2, 0) is 0 Å². The second-order valence-electron chi connectivity index (χ2n) is 5.25. The zero-order chi connectivity index (χ0) is 16.9. The fourth-order valence-corrected chi connectivity index (χ4v) is 2.52. The molecule has 0 spiro atoms. The number of aliphatic hydroxyl groups is 1. The highest BCUT2D eigenvalue weighted by Gasteiger charge is 2.12. The smallest absolute Gasteiger partial charge is 0.145 e. The molecule has 122 valence electrons. The highest BCUT2D eigenvalue weighted by Crippen LogP contribution is 2.29. The Morgan fingerprint density at radius 1 is 1.08 bits per heavy atom. The van der Waals surface area contributed by atoms with Gasteiger partial charge >= 0.3 is 0 Å². The maximum atomic E-state index is 9.64. The van der Waals surface area contributed by atoms with Crippen LogP contribution in [0.2, 0.25) is 5.02 Å². The lowest BCUT2D eigenvalue weighted by Gasteiger charge is -2.17. The molecular formula is C18H16ClN3O2. The molecule has 1 heterocycles. The van der Waals surface area contributed by atoms with Crippen molar-refractivity contribution in [3.8, 4) is 17.0 Å². The molecule has 1 atom stereocenters. The first-order valence-corrected chi connectivity index (χ1v) is 7.78. The Labute approximate surface area is 144 Å². The van der Waals surface area contributed by atoms with Crippen LogP contribution < -0.4 is 5.32 Å². The maximum absolute atomic E-state index is 9.64. The van der Waals surface area contributed by atoms with Crippen LogP contribution in [0.4, 0.5) is 5.82 Å². The summed E-state index contributed by atoms with van der Waals surface area (Å²) in [6.45, 7) is -0.0685. The summed E-state index contributed by atoms with van der Waals surface area (Å²) in [5, 5.41) is 22.6. The van der Waals surface area contributed by atoms with E-state index in [1.165, 1.54) is 6.07 Å². The van der Waals surface area contributed by atoms with Crippen LogP contribution >= 0.6 is 11.6 Å². The van der Waals surface area contributed by atoms with Gasteiger partial charge in [0.2, 0.25) is 0 Å². The molecule has 24 heavy (non-hydrogen) atoms. The van der Waals surface area contributed by atoms with Crippen LogP contribution in [0.25, 0.3) is 11.3 Å². The van der Waals surface area contributed by atoms with Gasteiger partial charge in [-0.05, 0) is 23.8 Å². The van der Waals surface area contributed by atoms with Crippen LogP contribution in [0, 0.1) is 0 Å². The molecular weight excluding hydrogens is 326 g/mol. The summed E-state index contributed by atoms with van der Waals surface area (Å²) >= 11 is 5.94. The molecule has 3 aromatic rings. The number of benzene rings is 2. The lowest BCUT2D eigenvalue weighted by atomic mass is 10.1. The van der Waals surface area contributed by atoms with Gasteiger partial charge in [0.05, 0.1) is 35.8 Å². The molecule has 0 fully saturated rings. The quantitative estimate of drug-likeness (QED) is 0.660. The number of anilines is 1. The van der Waals surface area contributed by atoms with Crippen molar-refractivity contribution in [2.75, 3.05) is 11.9 Å². The molecule has 0 radical (unpaired) electrons. The number of aliphatic hydroxyl groups excluding tert-OH is 1. The van der Waals surface area contributed by atoms with Gasteiger partial charge in [-0.25, -0.2) is 4.98 Å². The molecule has 6 heteroatoms. The van der Waals surface area contributed by atoms with Crippen LogP contribution in [0.5, 0.6) is 5.75 Å². The molecule has 0 aliphatic heterocycles. The van der Waals surface area contributed by atoms with Crippen LogP contribution in [-0.4, -0.2) is 26.8 Å². The second kappa shape index (κ2) is 7.29. The van der Waals surface area contributed by atoms with Gasteiger partial charge in [0.15, 0.2) is 0 Å². The highest BCUT2D eigenvalue weighted by molar-refractivity contribution is 6.32. The number of aromatic nitrogens is 2. The molecule has 0 amide bonds. The molecule has 5 nitrogen and oxygen atoms in total. The summed E-state index contributed by atoms with van der Waals surface area (Å²) in [7, 11) is 0. The van der Waals surface area contributed by atoms with Crippen molar-refractivity contribution in [3.05, 3.63) is 71.5 Å². The van der Waals surface area contributed by atoms with E-state index in [1.807, 2.05) is 30.3 Å². The lowest BCUT2D eigenvalue weighted by Crippen LogP contribution is -2.15.